The molecule has 0 saturated carbocycles. The molecule has 3 aromatic rings. The van der Waals surface area contributed by atoms with Crippen molar-refractivity contribution in [1.29, 1.82) is 0 Å². The first-order valence-corrected chi connectivity index (χ1v) is 5.55. The van der Waals surface area contributed by atoms with E-state index in [0.717, 1.165) is 0 Å². The van der Waals surface area contributed by atoms with Crippen LogP contribution in [0.3, 0.4) is 0 Å². The number of hydrogen-bond acceptors (Lipinski definition) is 4. The molecule has 0 unspecified atom stereocenters. The SMILES string of the molecule is Nc1ccc2oc3cc(C(=O)O)ccc3c(=O)c2c1. The summed E-state index contributed by atoms with van der Waals surface area (Å²) < 4.78 is 5.55. The number of carboxylic acids is 1. The van der Waals surface area contributed by atoms with E-state index in [0.29, 0.717) is 22.0 Å². The molecule has 1 aromatic heterocycles. The average Bonchev–Trinajstić information content (AvgIpc) is 2.39. The third-order valence-corrected chi connectivity index (χ3v) is 2.94. The largest absolute Gasteiger partial charge is 0.478 e. The predicted molar refractivity (Wildman–Crippen MR) is 71.4 cm³/mol. The van der Waals surface area contributed by atoms with E-state index < -0.39 is 5.97 Å². The Morgan fingerprint density at radius 3 is 2.58 bits per heavy atom. The predicted octanol–water partition coefficient (Wildman–Crippen LogP) is 2.23. The summed E-state index contributed by atoms with van der Waals surface area (Å²) in [7, 11) is 0. The van der Waals surface area contributed by atoms with Crippen LogP contribution >= 0.6 is 0 Å². The number of anilines is 1. The smallest absolute Gasteiger partial charge is 0.335 e. The average molecular weight is 255 g/mol. The Bertz CT molecular complexity index is 880. The Balaban J connectivity index is 2.46. The fraction of sp³-hybridized carbons (Fsp3) is 0. The number of nitrogens with two attached hydrogens (primary N) is 1. The van der Waals surface area contributed by atoms with Gasteiger partial charge in [-0.05, 0) is 36.4 Å². The Kier molecular flexibility index (Phi) is 2.28. The monoisotopic (exact) mass is 255 g/mol. The van der Waals surface area contributed by atoms with Crippen LogP contribution in [-0.2, 0) is 0 Å². The minimum Gasteiger partial charge on any atom is -0.478 e. The summed E-state index contributed by atoms with van der Waals surface area (Å²) in [4.78, 5) is 23.2. The van der Waals surface area contributed by atoms with Crippen LogP contribution in [0, 0.1) is 0 Å². The lowest BCUT2D eigenvalue weighted by Crippen LogP contribution is -2.04. The normalized spacial score (nSPS) is 10.9. The summed E-state index contributed by atoms with van der Waals surface area (Å²) in [6.07, 6.45) is 0. The summed E-state index contributed by atoms with van der Waals surface area (Å²) in [5, 5.41) is 9.65. The zero-order chi connectivity index (χ0) is 13.6. The van der Waals surface area contributed by atoms with Gasteiger partial charge in [0.1, 0.15) is 11.2 Å². The molecule has 0 aliphatic rings. The van der Waals surface area contributed by atoms with Crippen LogP contribution in [0.15, 0.2) is 45.6 Å². The molecule has 0 aliphatic heterocycles. The Morgan fingerprint density at radius 1 is 1.05 bits per heavy atom. The number of nitrogen functional groups attached to an aromatic ring is 1. The summed E-state index contributed by atoms with van der Waals surface area (Å²) in [6, 6.07) is 8.94. The zero-order valence-electron chi connectivity index (χ0n) is 9.71. The van der Waals surface area contributed by atoms with Gasteiger partial charge in [0.15, 0.2) is 0 Å². The number of hydrogen-bond donors (Lipinski definition) is 2. The van der Waals surface area contributed by atoms with Crippen LogP contribution in [0.2, 0.25) is 0 Å². The van der Waals surface area contributed by atoms with Crippen molar-refractivity contribution in [1.82, 2.24) is 0 Å². The number of rotatable bonds is 1. The van der Waals surface area contributed by atoms with Gasteiger partial charge in [-0.2, -0.15) is 0 Å². The van der Waals surface area contributed by atoms with Gasteiger partial charge in [0.05, 0.1) is 16.3 Å². The first-order valence-electron chi connectivity index (χ1n) is 5.55. The molecule has 0 spiro atoms. The third kappa shape index (κ3) is 1.72. The van der Waals surface area contributed by atoms with Crippen molar-refractivity contribution < 1.29 is 14.3 Å². The molecule has 94 valence electrons. The fourth-order valence-electron chi connectivity index (χ4n) is 2.00. The summed E-state index contributed by atoms with van der Waals surface area (Å²) in [5.41, 5.74) is 6.60. The van der Waals surface area contributed by atoms with Gasteiger partial charge in [0.25, 0.3) is 0 Å². The molecule has 3 rings (SSSR count). The molecule has 0 bridgehead atoms. The minimum absolute atomic E-state index is 0.0745. The summed E-state index contributed by atoms with van der Waals surface area (Å²) >= 11 is 0. The first-order chi connectivity index (χ1) is 9.06. The highest BCUT2D eigenvalue weighted by Crippen LogP contribution is 2.21. The number of fused-ring (bicyclic) bond motifs is 2. The highest BCUT2D eigenvalue weighted by atomic mass is 16.4. The molecule has 0 radical (unpaired) electrons. The number of carboxylic acid groups (broad SMARTS) is 1. The highest BCUT2D eigenvalue weighted by molar-refractivity contribution is 5.96. The van der Waals surface area contributed by atoms with Crippen molar-refractivity contribution in [3.05, 3.63) is 52.2 Å². The second-order valence-electron chi connectivity index (χ2n) is 4.20. The van der Waals surface area contributed by atoms with Gasteiger partial charge in [-0.1, -0.05) is 0 Å². The van der Waals surface area contributed by atoms with E-state index in [1.807, 2.05) is 0 Å². The standard InChI is InChI=1S/C14H9NO4/c15-8-2-4-11-10(6-8)13(16)9-3-1-7(14(17)18)5-12(9)19-11/h1-6H,15H2,(H,17,18). The molecule has 0 amide bonds. The molecule has 0 aliphatic carbocycles. The van der Waals surface area contributed by atoms with Crippen molar-refractivity contribution in [2.45, 2.75) is 0 Å². The second-order valence-corrected chi connectivity index (χ2v) is 4.20. The Hall–Kier alpha value is -2.82. The Labute approximate surface area is 106 Å². The van der Waals surface area contributed by atoms with E-state index >= 15 is 0 Å². The van der Waals surface area contributed by atoms with Gasteiger partial charge in [0.2, 0.25) is 5.43 Å². The van der Waals surface area contributed by atoms with Gasteiger partial charge in [-0.3, -0.25) is 4.79 Å². The van der Waals surface area contributed by atoms with Crippen molar-refractivity contribution in [2.24, 2.45) is 0 Å². The lowest BCUT2D eigenvalue weighted by atomic mass is 10.1. The minimum atomic E-state index is -1.07. The van der Waals surface area contributed by atoms with Crippen LogP contribution < -0.4 is 11.2 Å². The van der Waals surface area contributed by atoms with Crippen molar-refractivity contribution in [3.8, 4) is 0 Å². The molecule has 5 heteroatoms. The molecule has 0 saturated heterocycles. The maximum Gasteiger partial charge on any atom is 0.335 e. The molecule has 3 N–H and O–H groups in total. The Morgan fingerprint density at radius 2 is 1.84 bits per heavy atom. The highest BCUT2D eigenvalue weighted by Gasteiger charge is 2.10. The van der Waals surface area contributed by atoms with Crippen molar-refractivity contribution >= 4 is 33.6 Å². The van der Waals surface area contributed by atoms with E-state index in [-0.39, 0.29) is 16.6 Å². The van der Waals surface area contributed by atoms with Crippen LogP contribution in [0.1, 0.15) is 10.4 Å². The van der Waals surface area contributed by atoms with Gasteiger partial charge in [0, 0.05) is 5.69 Å². The summed E-state index contributed by atoms with van der Waals surface area (Å²) in [5.74, 6) is -1.07. The summed E-state index contributed by atoms with van der Waals surface area (Å²) in [6.45, 7) is 0. The van der Waals surface area contributed by atoms with Crippen LogP contribution in [0.5, 0.6) is 0 Å². The van der Waals surface area contributed by atoms with Crippen LogP contribution in [0.4, 0.5) is 5.69 Å². The molecular weight excluding hydrogens is 246 g/mol. The maximum atomic E-state index is 12.3. The fourth-order valence-corrected chi connectivity index (χ4v) is 2.00. The second kappa shape index (κ2) is 3.84. The molecule has 19 heavy (non-hydrogen) atoms. The molecule has 5 nitrogen and oxygen atoms in total. The quantitative estimate of drug-likeness (QED) is 0.513. The first kappa shape index (κ1) is 11.3. The van der Waals surface area contributed by atoms with E-state index in [1.54, 1.807) is 18.2 Å². The molecule has 1 heterocycles. The zero-order valence-corrected chi connectivity index (χ0v) is 9.71. The molecule has 0 atom stereocenters. The van der Waals surface area contributed by atoms with Gasteiger partial charge >= 0.3 is 5.97 Å². The third-order valence-electron chi connectivity index (χ3n) is 2.94. The van der Waals surface area contributed by atoms with E-state index in [4.69, 9.17) is 15.3 Å². The van der Waals surface area contributed by atoms with Gasteiger partial charge in [-0.15, -0.1) is 0 Å². The van der Waals surface area contributed by atoms with E-state index in [1.165, 1.54) is 18.2 Å². The lowest BCUT2D eigenvalue weighted by molar-refractivity contribution is 0.0697. The van der Waals surface area contributed by atoms with Crippen LogP contribution in [0.25, 0.3) is 21.9 Å². The van der Waals surface area contributed by atoms with Crippen molar-refractivity contribution in [2.75, 3.05) is 5.73 Å². The molecule has 0 fully saturated rings. The number of aromatic carboxylic acids is 1. The molecular formula is C14H9NO4. The molecule has 2 aromatic carbocycles. The van der Waals surface area contributed by atoms with E-state index in [2.05, 4.69) is 0 Å². The van der Waals surface area contributed by atoms with E-state index in [9.17, 15) is 9.59 Å². The van der Waals surface area contributed by atoms with Gasteiger partial charge < -0.3 is 15.3 Å². The van der Waals surface area contributed by atoms with Crippen LogP contribution in [-0.4, -0.2) is 11.1 Å². The maximum absolute atomic E-state index is 12.3. The topological polar surface area (TPSA) is 93.5 Å². The van der Waals surface area contributed by atoms with Gasteiger partial charge in [-0.25, -0.2) is 4.79 Å². The number of carbonyl (C=O) groups is 1. The number of benzene rings is 2. The lowest BCUT2D eigenvalue weighted by Gasteiger charge is -2.03. The van der Waals surface area contributed by atoms with Crippen molar-refractivity contribution in [3.63, 3.8) is 0 Å².